The zero-order valence-corrected chi connectivity index (χ0v) is 15.7. The Balaban J connectivity index is 2.05. The molecule has 1 aromatic rings. The second-order valence-electron chi connectivity index (χ2n) is 7.16. The SMILES string of the molecule is CCC(=O)N(c1ccccc1)C1CCN(CCC=C(C)C)CC1C. The molecule has 0 aromatic heterocycles. The van der Waals surface area contributed by atoms with E-state index < -0.39 is 0 Å². The lowest BCUT2D eigenvalue weighted by atomic mass is 9.91. The number of benzene rings is 1. The highest BCUT2D eigenvalue weighted by atomic mass is 16.2. The Kier molecular flexibility index (Phi) is 7.04. The molecule has 2 atom stereocenters. The molecule has 1 saturated heterocycles. The van der Waals surface area contributed by atoms with E-state index in [1.54, 1.807) is 0 Å². The Morgan fingerprint density at radius 1 is 1.29 bits per heavy atom. The number of anilines is 1. The Hall–Kier alpha value is -1.61. The first-order chi connectivity index (χ1) is 11.5. The number of nitrogens with zero attached hydrogens (tertiary/aromatic N) is 2. The van der Waals surface area contributed by atoms with Gasteiger partial charge in [-0.1, -0.05) is 43.7 Å². The van der Waals surface area contributed by atoms with Gasteiger partial charge >= 0.3 is 0 Å². The third-order valence-electron chi connectivity index (χ3n) is 4.88. The summed E-state index contributed by atoms with van der Waals surface area (Å²) in [5.41, 5.74) is 2.43. The summed E-state index contributed by atoms with van der Waals surface area (Å²) in [5.74, 6) is 0.720. The van der Waals surface area contributed by atoms with Crippen LogP contribution in [0, 0.1) is 5.92 Å². The first-order valence-electron chi connectivity index (χ1n) is 9.25. The molecular weight excluding hydrogens is 296 g/mol. The fraction of sp³-hybridized carbons (Fsp3) is 0.571. The molecule has 0 bridgehead atoms. The van der Waals surface area contributed by atoms with Crippen LogP contribution in [0.15, 0.2) is 42.0 Å². The summed E-state index contributed by atoms with van der Waals surface area (Å²) in [5, 5.41) is 0. The van der Waals surface area contributed by atoms with Crippen molar-refractivity contribution in [1.82, 2.24) is 4.90 Å². The van der Waals surface area contributed by atoms with Gasteiger partial charge in [-0.3, -0.25) is 4.79 Å². The van der Waals surface area contributed by atoms with E-state index in [9.17, 15) is 4.79 Å². The molecule has 0 spiro atoms. The van der Waals surface area contributed by atoms with Crippen molar-refractivity contribution in [3.8, 4) is 0 Å². The van der Waals surface area contributed by atoms with Crippen molar-refractivity contribution in [2.24, 2.45) is 5.92 Å². The van der Waals surface area contributed by atoms with Crippen LogP contribution in [0.25, 0.3) is 0 Å². The van der Waals surface area contributed by atoms with Gasteiger partial charge in [-0.15, -0.1) is 0 Å². The molecule has 0 N–H and O–H groups in total. The minimum atomic E-state index is 0.232. The van der Waals surface area contributed by atoms with Gasteiger partial charge in [0.15, 0.2) is 0 Å². The van der Waals surface area contributed by atoms with E-state index in [-0.39, 0.29) is 5.91 Å². The molecule has 1 amide bonds. The molecule has 24 heavy (non-hydrogen) atoms. The average molecular weight is 329 g/mol. The molecule has 1 aromatic carbocycles. The number of para-hydroxylation sites is 1. The van der Waals surface area contributed by atoms with Crippen molar-refractivity contribution in [1.29, 1.82) is 0 Å². The van der Waals surface area contributed by atoms with Crippen LogP contribution >= 0.6 is 0 Å². The van der Waals surface area contributed by atoms with Gasteiger partial charge in [-0.25, -0.2) is 0 Å². The van der Waals surface area contributed by atoms with Crippen LogP contribution in [0.5, 0.6) is 0 Å². The van der Waals surface area contributed by atoms with Crippen molar-refractivity contribution in [3.63, 3.8) is 0 Å². The van der Waals surface area contributed by atoms with Gasteiger partial charge in [0.2, 0.25) is 5.91 Å². The highest BCUT2D eigenvalue weighted by molar-refractivity contribution is 5.93. The Bertz CT molecular complexity index is 548. The van der Waals surface area contributed by atoms with E-state index in [0.717, 1.165) is 38.2 Å². The molecule has 3 heteroatoms. The third kappa shape index (κ3) is 4.94. The molecule has 2 unspecified atom stereocenters. The Morgan fingerprint density at radius 3 is 2.58 bits per heavy atom. The van der Waals surface area contributed by atoms with Gasteiger partial charge in [0.05, 0.1) is 0 Å². The lowest BCUT2D eigenvalue weighted by molar-refractivity contribution is -0.119. The van der Waals surface area contributed by atoms with E-state index in [1.165, 1.54) is 5.57 Å². The molecule has 1 heterocycles. The predicted molar refractivity (Wildman–Crippen MR) is 102 cm³/mol. The van der Waals surface area contributed by atoms with Crippen LogP contribution in [-0.4, -0.2) is 36.5 Å². The summed E-state index contributed by atoms with van der Waals surface area (Å²) >= 11 is 0. The minimum absolute atomic E-state index is 0.232. The number of hydrogen-bond acceptors (Lipinski definition) is 2. The Labute approximate surface area is 147 Å². The number of carbonyl (C=O) groups excluding carboxylic acids is 1. The standard InChI is InChI=1S/C21H32N2O/c1-5-21(24)23(19-11-7-6-8-12-19)20-13-15-22(16-18(20)4)14-9-10-17(2)3/h6-8,10-12,18,20H,5,9,13-16H2,1-4H3. The normalized spacial score (nSPS) is 21.3. The van der Waals surface area contributed by atoms with E-state index >= 15 is 0 Å². The topological polar surface area (TPSA) is 23.6 Å². The van der Waals surface area contributed by atoms with E-state index in [4.69, 9.17) is 0 Å². The molecule has 1 fully saturated rings. The summed E-state index contributed by atoms with van der Waals surface area (Å²) in [7, 11) is 0. The maximum Gasteiger partial charge on any atom is 0.226 e. The Morgan fingerprint density at radius 2 is 2.00 bits per heavy atom. The van der Waals surface area contributed by atoms with Gasteiger partial charge in [-0.2, -0.15) is 0 Å². The molecule has 132 valence electrons. The van der Waals surface area contributed by atoms with E-state index in [0.29, 0.717) is 18.4 Å². The predicted octanol–water partition coefficient (Wildman–Crippen LogP) is 4.50. The number of amides is 1. The number of allylic oxidation sites excluding steroid dienone is 1. The average Bonchev–Trinajstić information content (AvgIpc) is 2.57. The van der Waals surface area contributed by atoms with Crippen molar-refractivity contribution >= 4 is 11.6 Å². The van der Waals surface area contributed by atoms with E-state index in [2.05, 4.69) is 48.8 Å². The maximum atomic E-state index is 12.6. The fourth-order valence-electron chi connectivity index (χ4n) is 3.62. The van der Waals surface area contributed by atoms with Gasteiger partial charge < -0.3 is 9.80 Å². The summed E-state index contributed by atoms with van der Waals surface area (Å²) in [6.45, 7) is 11.8. The van der Waals surface area contributed by atoms with Gasteiger partial charge in [-0.05, 0) is 44.7 Å². The molecular formula is C21H32N2O. The number of rotatable bonds is 6. The monoisotopic (exact) mass is 328 g/mol. The highest BCUT2D eigenvalue weighted by Gasteiger charge is 2.33. The summed E-state index contributed by atoms with van der Waals surface area (Å²) in [6, 6.07) is 10.5. The van der Waals surface area contributed by atoms with Gasteiger partial charge in [0, 0.05) is 37.8 Å². The lowest BCUT2D eigenvalue weighted by Gasteiger charge is -2.42. The van der Waals surface area contributed by atoms with Crippen LogP contribution in [0.2, 0.25) is 0 Å². The highest BCUT2D eigenvalue weighted by Crippen LogP contribution is 2.28. The number of likely N-dealkylation sites (tertiary alicyclic amines) is 1. The summed E-state index contributed by atoms with van der Waals surface area (Å²) < 4.78 is 0. The first kappa shape index (κ1) is 18.7. The number of hydrogen-bond donors (Lipinski definition) is 0. The zero-order chi connectivity index (χ0) is 17.5. The molecule has 0 radical (unpaired) electrons. The van der Waals surface area contributed by atoms with Crippen LogP contribution in [0.4, 0.5) is 5.69 Å². The van der Waals surface area contributed by atoms with Crippen molar-refractivity contribution in [3.05, 3.63) is 42.0 Å². The van der Waals surface area contributed by atoms with Crippen molar-refractivity contribution in [2.75, 3.05) is 24.5 Å². The molecule has 1 aliphatic heterocycles. The van der Waals surface area contributed by atoms with Gasteiger partial charge in [0.1, 0.15) is 0 Å². The van der Waals surface area contributed by atoms with Crippen LogP contribution in [0.1, 0.15) is 47.0 Å². The second kappa shape index (κ2) is 9.03. The minimum Gasteiger partial charge on any atom is -0.309 e. The van der Waals surface area contributed by atoms with Crippen LogP contribution < -0.4 is 4.90 Å². The molecule has 3 nitrogen and oxygen atoms in total. The lowest BCUT2D eigenvalue weighted by Crippen LogP contribution is -2.52. The van der Waals surface area contributed by atoms with Crippen LogP contribution in [0.3, 0.4) is 0 Å². The molecule has 2 rings (SSSR count). The largest absolute Gasteiger partial charge is 0.309 e. The summed E-state index contributed by atoms with van der Waals surface area (Å²) in [6.07, 6.45) is 5.04. The van der Waals surface area contributed by atoms with Crippen molar-refractivity contribution < 1.29 is 4.79 Å². The zero-order valence-electron chi connectivity index (χ0n) is 15.7. The molecule has 0 saturated carbocycles. The quantitative estimate of drug-likeness (QED) is 0.718. The molecule has 1 aliphatic rings. The molecule has 0 aliphatic carbocycles. The van der Waals surface area contributed by atoms with Crippen molar-refractivity contribution in [2.45, 2.75) is 53.0 Å². The third-order valence-corrected chi connectivity index (χ3v) is 4.88. The second-order valence-corrected chi connectivity index (χ2v) is 7.16. The fourth-order valence-corrected chi connectivity index (χ4v) is 3.62. The first-order valence-corrected chi connectivity index (χ1v) is 9.25. The van der Waals surface area contributed by atoms with E-state index in [1.807, 2.05) is 25.1 Å². The smallest absolute Gasteiger partial charge is 0.226 e. The van der Waals surface area contributed by atoms with Gasteiger partial charge in [0.25, 0.3) is 0 Å². The van der Waals surface area contributed by atoms with Crippen LogP contribution in [-0.2, 0) is 4.79 Å². The number of carbonyl (C=O) groups is 1. The number of piperidine rings is 1. The summed E-state index contributed by atoms with van der Waals surface area (Å²) in [4.78, 5) is 17.2. The maximum absolute atomic E-state index is 12.6.